The van der Waals surface area contributed by atoms with Gasteiger partial charge in [-0.15, -0.1) is 0 Å². The van der Waals surface area contributed by atoms with E-state index in [1.165, 1.54) is 0 Å². The zero-order chi connectivity index (χ0) is 12.5. The maximum atomic E-state index is 12.2. The van der Waals surface area contributed by atoms with Crippen LogP contribution in [0.2, 0.25) is 0 Å². The van der Waals surface area contributed by atoms with E-state index in [-0.39, 0.29) is 5.75 Å². The molecule has 5 heteroatoms. The van der Waals surface area contributed by atoms with Crippen LogP contribution in [0.1, 0.15) is 25.3 Å². The number of benzene rings is 1. The largest absolute Gasteiger partial charge is 0.270 e. The lowest BCUT2D eigenvalue weighted by atomic mass is 10.0. The summed E-state index contributed by atoms with van der Waals surface area (Å²) in [5, 5.41) is 0. The number of anilines is 1. The number of sulfonamides is 1. The van der Waals surface area contributed by atoms with Gasteiger partial charge in [-0.25, -0.2) is 8.42 Å². The molecule has 0 aromatic heterocycles. The Bertz CT molecular complexity index is 513. The first-order chi connectivity index (χ1) is 8.04. The molecule has 0 bridgehead atoms. The van der Waals surface area contributed by atoms with Crippen LogP contribution in [0, 0.1) is 3.57 Å². The van der Waals surface area contributed by atoms with Gasteiger partial charge in [0.25, 0.3) is 0 Å². The van der Waals surface area contributed by atoms with Crippen molar-refractivity contribution in [3.63, 3.8) is 0 Å². The predicted octanol–water partition coefficient (Wildman–Crippen LogP) is 2.78. The summed E-state index contributed by atoms with van der Waals surface area (Å²) >= 11 is 2.26. The van der Waals surface area contributed by atoms with Crippen LogP contribution in [0.5, 0.6) is 0 Å². The second kappa shape index (κ2) is 5.14. The summed E-state index contributed by atoms with van der Waals surface area (Å²) in [5.74, 6) is 0.235. The lowest BCUT2D eigenvalue weighted by Crippen LogP contribution is -2.37. The summed E-state index contributed by atoms with van der Waals surface area (Å²) in [6.45, 7) is 2.52. The van der Waals surface area contributed by atoms with Crippen molar-refractivity contribution in [2.75, 3.05) is 16.6 Å². The molecule has 0 N–H and O–H groups in total. The molecule has 1 aromatic rings. The normalized spacial score (nSPS) is 15.8. The Balaban J connectivity index is 2.42. The van der Waals surface area contributed by atoms with E-state index < -0.39 is 10.0 Å². The van der Waals surface area contributed by atoms with Crippen molar-refractivity contribution in [2.45, 2.75) is 26.2 Å². The fraction of sp³-hybridized carbons (Fsp3) is 0.500. The third-order valence-corrected chi connectivity index (χ3v) is 5.56. The van der Waals surface area contributed by atoms with Gasteiger partial charge in [0.2, 0.25) is 10.0 Å². The summed E-state index contributed by atoms with van der Waals surface area (Å²) < 4.78 is 27.1. The molecule has 2 rings (SSSR count). The number of rotatable bonds is 3. The minimum atomic E-state index is -3.13. The predicted molar refractivity (Wildman–Crippen MR) is 78.9 cm³/mol. The van der Waals surface area contributed by atoms with Crippen LogP contribution >= 0.6 is 22.6 Å². The van der Waals surface area contributed by atoms with Crippen molar-refractivity contribution in [3.8, 4) is 0 Å². The maximum Gasteiger partial charge on any atom is 0.235 e. The van der Waals surface area contributed by atoms with E-state index in [0.29, 0.717) is 13.0 Å². The van der Waals surface area contributed by atoms with Crippen molar-refractivity contribution >= 4 is 38.3 Å². The molecule has 17 heavy (non-hydrogen) atoms. The summed E-state index contributed by atoms with van der Waals surface area (Å²) in [5.41, 5.74) is 2.04. The molecule has 94 valence electrons. The van der Waals surface area contributed by atoms with E-state index in [1.54, 1.807) is 4.31 Å². The van der Waals surface area contributed by atoms with Crippen molar-refractivity contribution in [1.82, 2.24) is 0 Å². The van der Waals surface area contributed by atoms with E-state index in [0.717, 1.165) is 27.7 Å². The Morgan fingerprint density at radius 1 is 1.41 bits per heavy atom. The average Bonchev–Trinajstić information content (AvgIpc) is 2.27. The zero-order valence-electron chi connectivity index (χ0n) is 9.82. The van der Waals surface area contributed by atoms with E-state index in [1.807, 2.05) is 19.1 Å². The average molecular weight is 365 g/mol. The molecule has 0 saturated heterocycles. The van der Waals surface area contributed by atoms with Gasteiger partial charge in [0.05, 0.1) is 11.4 Å². The number of fused-ring (bicyclic) bond motifs is 1. The van der Waals surface area contributed by atoms with Crippen LogP contribution in [0.4, 0.5) is 5.69 Å². The number of nitrogens with zero attached hydrogens (tertiary/aromatic N) is 1. The van der Waals surface area contributed by atoms with Gasteiger partial charge in [0.15, 0.2) is 0 Å². The van der Waals surface area contributed by atoms with E-state index in [9.17, 15) is 8.42 Å². The molecular weight excluding hydrogens is 349 g/mol. The van der Waals surface area contributed by atoms with E-state index in [2.05, 4.69) is 28.7 Å². The molecule has 0 spiro atoms. The Morgan fingerprint density at radius 2 is 2.18 bits per heavy atom. The fourth-order valence-electron chi connectivity index (χ4n) is 2.19. The van der Waals surface area contributed by atoms with Gasteiger partial charge in [-0.05, 0) is 65.6 Å². The topological polar surface area (TPSA) is 37.4 Å². The van der Waals surface area contributed by atoms with Gasteiger partial charge in [0, 0.05) is 10.1 Å². The molecule has 0 unspecified atom stereocenters. The SMILES string of the molecule is CCCS(=O)(=O)N1CCCc2cc(I)ccc21. The molecule has 1 aromatic carbocycles. The first-order valence-electron chi connectivity index (χ1n) is 5.83. The molecule has 0 fully saturated rings. The van der Waals surface area contributed by atoms with E-state index in [4.69, 9.17) is 0 Å². The van der Waals surface area contributed by atoms with Crippen LogP contribution < -0.4 is 4.31 Å². The Kier molecular flexibility index (Phi) is 3.97. The number of hydrogen-bond acceptors (Lipinski definition) is 2. The Morgan fingerprint density at radius 3 is 2.88 bits per heavy atom. The standard InChI is InChI=1S/C12H16INO2S/c1-2-8-17(15,16)14-7-3-4-10-9-11(13)5-6-12(10)14/h5-6,9H,2-4,7-8H2,1H3. The molecule has 0 atom stereocenters. The zero-order valence-corrected chi connectivity index (χ0v) is 12.8. The highest BCUT2D eigenvalue weighted by Gasteiger charge is 2.26. The molecule has 1 heterocycles. The Labute approximate surface area is 116 Å². The third kappa shape index (κ3) is 2.76. The second-order valence-electron chi connectivity index (χ2n) is 4.26. The van der Waals surface area contributed by atoms with Gasteiger partial charge in [-0.3, -0.25) is 4.31 Å². The molecule has 3 nitrogen and oxygen atoms in total. The molecule has 1 aliphatic rings. The monoisotopic (exact) mass is 365 g/mol. The molecule has 0 saturated carbocycles. The first kappa shape index (κ1) is 13.1. The quantitative estimate of drug-likeness (QED) is 0.773. The highest BCUT2D eigenvalue weighted by molar-refractivity contribution is 14.1. The summed E-state index contributed by atoms with van der Waals surface area (Å²) in [6.07, 6.45) is 2.55. The maximum absolute atomic E-state index is 12.2. The second-order valence-corrected chi connectivity index (χ2v) is 7.52. The van der Waals surface area contributed by atoms with Crippen LogP contribution in [0.15, 0.2) is 18.2 Å². The highest BCUT2D eigenvalue weighted by atomic mass is 127. The highest BCUT2D eigenvalue weighted by Crippen LogP contribution is 2.30. The van der Waals surface area contributed by atoms with Gasteiger partial charge in [0.1, 0.15) is 0 Å². The summed E-state index contributed by atoms with van der Waals surface area (Å²) in [7, 11) is -3.13. The number of aryl methyl sites for hydroxylation is 1. The summed E-state index contributed by atoms with van der Waals surface area (Å²) in [6, 6.07) is 5.99. The summed E-state index contributed by atoms with van der Waals surface area (Å²) in [4.78, 5) is 0. The van der Waals surface area contributed by atoms with Gasteiger partial charge >= 0.3 is 0 Å². The van der Waals surface area contributed by atoms with Crippen molar-refractivity contribution in [3.05, 3.63) is 27.3 Å². The molecule has 0 radical (unpaired) electrons. The van der Waals surface area contributed by atoms with Crippen molar-refractivity contribution < 1.29 is 8.42 Å². The lowest BCUT2D eigenvalue weighted by molar-refractivity contribution is 0.585. The molecule has 0 aliphatic carbocycles. The molecule has 1 aliphatic heterocycles. The minimum Gasteiger partial charge on any atom is -0.270 e. The fourth-order valence-corrected chi connectivity index (χ4v) is 4.37. The van der Waals surface area contributed by atoms with E-state index >= 15 is 0 Å². The molecular formula is C12H16INO2S. The van der Waals surface area contributed by atoms with Crippen LogP contribution in [-0.4, -0.2) is 20.7 Å². The van der Waals surface area contributed by atoms with Crippen molar-refractivity contribution in [1.29, 1.82) is 0 Å². The number of halogens is 1. The van der Waals surface area contributed by atoms with Crippen molar-refractivity contribution in [2.24, 2.45) is 0 Å². The van der Waals surface area contributed by atoms with Gasteiger partial charge in [-0.1, -0.05) is 6.92 Å². The van der Waals surface area contributed by atoms with Gasteiger partial charge in [-0.2, -0.15) is 0 Å². The number of hydrogen-bond donors (Lipinski definition) is 0. The third-order valence-electron chi connectivity index (χ3n) is 2.92. The smallest absolute Gasteiger partial charge is 0.235 e. The van der Waals surface area contributed by atoms with Crippen LogP contribution in [0.25, 0.3) is 0 Å². The van der Waals surface area contributed by atoms with Gasteiger partial charge < -0.3 is 0 Å². The molecule has 0 amide bonds. The van der Waals surface area contributed by atoms with Crippen LogP contribution in [0.3, 0.4) is 0 Å². The Hall–Kier alpha value is -0.300. The lowest BCUT2D eigenvalue weighted by Gasteiger charge is -2.30. The van der Waals surface area contributed by atoms with Crippen LogP contribution in [-0.2, 0) is 16.4 Å². The minimum absolute atomic E-state index is 0.235. The first-order valence-corrected chi connectivity index (χ1v) is 8.52.